The van der Waals surface area contributed by atoms with Gasteiger partial charge in [0.2, 0.25) is 0 Å². The molecule has 0 spiro atoms. The van der Waals surface area contributed by atoms with Gasteiger partial charge in [-0.1, -0.05) is 41.4 Å². The number of rotatable bonds is 4. The Morgan fingerprint density at radius 3 is 2.61 bits per heavy atom. The van der Waals surface area contributed by atoms with Crippen molar-refractivity contribution in [2.24, 2.45) is 0 Å². The predicted molar refractivity (Wildman–Crippen MR) is 85.5 cm³/mol. The minimum Gasteiger partial charge on any atom is -0.152 e. The molecule has 0 aliphatic rings. The van der Waals surface area contributed by atoms with Crippen molar-refractivity contribution in [3.8, 4) is 12.3 Å². The lowest BCUT2D eigenvalue weighted by molar-refractivity contribution is 1.38. The van der Waals surface area contributed by atoms with E-state index in [4.69, 9.17) is 14.3 Å². The highest BCUT2D eigenvalue weighted by atomic mass is 79.9. The van der Waals surface area contributed by atoms with E-state index in [1.807, 2.05) is 43.0 Å². The van der Waals surface area contributed by atoms with E-state index in [9.17, 15) is 0 Å². The third-order valence-electron chi connectivity index (χ3n) is 2.08. The van der Waals surface area contributed by atoms with Crippen LogP contribution in [0.5, 0.6) is 0 Å². The number of terminal acetylenes is 1. The Hall–Kier alpha value is -1.03. The van der Waals surface area contributed by atoms with Gasteiger partial charge in [0.25, 0.3) is 0 Å². The fourth-order valence-electron chi connectivity index (χ4n) is 1.17. The maximum absolute atomic E-state index is 5.63. The first-order valence-corrected chi connectivity index (χ1v) is 7.32. The van der Waals surface area contributed by atoms with Crippen LogP contribution in [0.15, 0.2) is 45.8 Å². The largest absolute Gasteiger partial charge is 0.152 e. The van der Waals surface area contributed by atoms with Crippen molar-refractivity contribution in [1.29, 1.82) is 0 Å². The highest BCUT2D eigenvalue weighted by Crippen LogP contribution is 2.13. The standard InChI is InChI=1S/C15H12BBrS/c1-3-15(17)9-4-12(2)10-18-11-13-5-7-14(16)8-6-13/h1,5-8H,10-11H2,2H3. The summed E-state index contributed by atoms with van der Waals surface area (Å²) in [5.74, 6) is 4.30. The second kappa shape index (κ2) is 8.14. The molecule has 0 aromatic heterocycles. The molecule has 0 heterocycles. The van der Waals surface area contributed by atoms with Gasteiger partial charge >= 0.3 is 0 Å². The molecule has 2 radical (unpaired) electrons. The first-order chi connectivity index (χ1) is 8.61. The minimum absolute atomic E-state index is 0.588. The van der Waals surface area contributed by atoms with E-state index >= 15 is 0 Å². The summed E-state index contributed by atoms with van der Waals surface area (Å²) in [4.78, 5) is 0. The molecule has 0 amide bonds. The summed E-state index contributed by atoms with van der Waals surface area (Å²) in [6.45, 7) is 2.01. The molecule has 0 saturated heterocycles. The number of thioether (sulfide) groups is 1. The third kappa shape index (κ3) is 6.06. The SMILES string of the molecule is [B]c1ccc(CSCC(C)=C=C=C(Br)C#C)cc1. The first kappa shape index (κ1) is 15.0. The Labute approximate surface area is 123 Å². The quantitative estimate of drug-likeness (QED) is 0.467. The van der Waals surface area contributed by atoms with E-state index in [0.29, 0.717) is 4.48 Å². The average molecular weight is 315 g/mol. The zero-order chi connectivity index (χ0) is 13.4. The van der Waals surface area contributed by atoms with E-state index in [-0.39, 0.29) is 0 Å². The van der Waals surface area contributed by atoms with Crippen molar-refractivity contribution in [2.45, 2.75) is 12.7 Å². The van der Waals surface area contributed by atoms with Crippen LogP contribution in [-0.4, -0.2) is 13.6 Å². The van der Waals surface area contributed by atoms with Crippen LogP contribution in [0, 0.1) is 12.3 Å². The number of allylic oxidation sites excluding steroid dienone is 1. The van der Waals surface area contributed by atoms with Crippen molar-refractivity contribution in [2.75, 3.05) is 5.75 Å². The van der Waals surface area contributed by atoms with Gasteiger partial charge < -0.3 is 0 Å². The van der Waals surface area contributed by atoms with Crippen LogP contribution in [0.3, 0.4) is 0 Å². The van der Waals surface area contributed by atoms with Crippen LogP contribution in [0.1, 0.15) is 12.5 Å². The molecule has 0 unspecified atom stereocenters. The van der Waals surface area contributed by atoms with Crippen molar-refractivity contribution in [1.82, 2.24) is 0 Å². The molecule has 0 aliphatic heterocycles. The van der Waals surface area contributed by atoms with Crippen LogP contribution < -0.4 is 5.46 Å². The Balaban J connectivity index is 2.50. The minimum atomic E-state index is 0.588. The molecule has 1 aromatic rings. The van der Waals surface area contributed by atoms with Crippen molar-refractivity contribution >= 4 is 41.0 Å². The van der Waals surface area contributed by atoms with Crippen molar-refractivity contribution in [3.63, 3.8) is 0 Å². The van der Waals surface area contributed by atoms with Crippen LogP contribution >= 0.6 is 27.7 Å². The lowest BCUT2D eigenvalue weighted by Crippen LogP contribution is -2.00. The lowest BCUT2D eigenvalue weighted by atomic mass is 9.96. The van der Waals surface area contributed by atoms with Crippen molar-refractivity contribution in [3.05, 3.63) is 51.3 Å². The van der Waals surface area contributed by atoms with Crippen molar-refractivity contribution < 1.29 is 0 Å². The molecule has 0 fully saturated rings. The molecule has 88 valence electrons. The van der Waals surface area contributed by atoms with Crippen LogP contribution in [0.4, 0.5) is 0 Å². The summed E-state index contributed by atoms with van der Waals surface area (Å²) in [7, 11) is 5.63. The van der Waals surface area contributed by atoms with E-state index in [1.54, 1.807) is 0 Å². The van der Waals surface area contributed by atoms with E-state index in [1.165, 1.54) is 5.56 Å². The molecule has 0 atom stereocenters. The summed E-state index contributed by atoms with van der Waals surface area (Å²) in [6, 6.07) is 7.94. The molecule has 0 aliphatic carbocycles. The molecule has 18 heavy (non-hydrogen) atoms. The smallest absolute Gasteiger partial charge is 0.117 e. The maximum atomic E-state index is 5.63. The van der Waals surface area contributed by atoms with Crippen LogP contribution in [-0.2, 0) is 5.75 Å². The van der Waals surface area contributed by atoms with Gasteiger partial charge in [0.15, 0.2) is 0 Å². The zero-order valence-corrected chi connectivity index (χ0v) is 12.6. The summed E-state index contributed by atoms with van der Waals surface area (Å²) in [5.41, 5.74) is 9.08. The Morgan fingerprint density at radius 2 is 2.00 bits per heavy atom. The number of hydrogen-bond donors (Lipinski definition) is 0. The number of benzene rings is 1. The van der Waals surface area contributed by atoms with Gasteiger partial charge in [-0.25, -0.2) is 0 Å². The first-order valence-electron chi connectivity index (χ1n) is 5.37. The molecule has 3 heteroatoms. The molecule has 1 rings (SSSR count). The van der Waals surface area contributed by atoms with Gasteiger partial charge in [0.05, 0.1) is 0 Å². The van der Waals surface area contributed by atoms with E-state index < -0.39 is 0 Å². The third-order valence-corrected chi connectivity index (χ3v) is 3.68. The monoisotopic (exact) mass is 314 g/mol. The Bertz CT molecular complexity index is 539. The second-order valence-electron chi connectivity index (χ2n) is 3.72. The van der Waals surface area contributed by atoms with Gasteiger partial charge in [-0.05, 0) is 39.7 Å². The molecule has 1 aromatic carbocycles. The second-order valence-corrected chi connectivity index (χ2v) is 5.50. The summed E-state index contributed by atoms with van der Waals surface area (Å²) in [5, 5.41) is 0. The van der Waals surface area contributed by atoms with Gasteiger partial charge in [0, 0.05) is 11.5 Å². The number of halogens is 1. The number of hydrogen-bond acceptors (Lipinski definition) is 1. The lowest BCUT2D eigenvalue weighted by Gasteiger charge is -2.01. The molecule has 0 N–H and O–H groups in total. The predicted octanol–water partition coefficient (Wildman–Crippen LogP) is 3.33. The average Bonchev–Trinajstić information content (AvgIpc) is 2.38. The summed E-state index contributed by atoms with van der Waals surface area (Å²) >= 11 is 5.01. The molecular weight excluding hydrogens is 303 g/mol. The Morgan fingerprint density at radius 1 is 1.33 bits per heavy atom. The van der Waals surface area contributed by atoms with Gasteiger partial charge in [-0.2, -0.15) is 11.8 Å². The zero-order valence-electron chi connectivity index (χ0n) is 10.2. The van der Waals surface area contributed by atoms with Crippen LogP contribution in [0.2, 0.25) is 0 Å². The molecule has 0 saturated carbocycles. The van der Waals surface area contributed by atoms with Gasteiger partial charge in [0.1, 0.15) is 12.3 Å². The fourth-order valence-corrected chi connectivity index (χ4v) is 2.18. The highest BCUT2D eigenvalue weighted by molar-refractivity contribution is 9.12. The van der Waals surface area contributed by atoms with Crippen LogP contribution in [0.25, 0.3) is 0 Å². The molecule has 0 bridgehead atoms. The maximum Gasteiger partial charge on any atom is 0.117 e. The van der Waals surface area contributed by atoms with E-state index in [2.05, 4.69) is 33.3 Å². The summed E-state index contributed by atoms with van der Waals surface area (Å²) < 4.78 is 0.588. The normalized spacial score (nSPS) is 8.94. The highest BCUT2D eigenvalue weighted by Gasteiger charge is 1.94. The molecular formula is C15H12BBrS. The van der Waals surface area contributed by atoms with E-state index in [0.717, 1.165) is 22.5 Å². The summed E-state index contributed by atoms with van der Waals surface area (Å²) in [6.07, 6.45) is 5.19. The topological polar surface area (TPSA) is 0 Å². The Kier molecular flexibility index (Phi) is 6.80. The fraction of sp³-hybridized carbons (Fsp3) is 0.200. The molecule has 0 nitrogen and oxygen atoms in total. The van der Waals surface area contributed by atoms with Gasteiger partial charge in [-0.3, -0.25) is 0 Å². The van der Waals surface area contributed by atoms with Gasteiger partial charge in [-0.15, -0.1) is 6.42 Å².